The standard InChI is InChI=1S/C15H26N4O/c1-11(2)20-15-13(16)6-7-14(18-15)17-12(3)10-19-8-4-5-9-19/h6-7,11-12H,4-5,8-10,16H2,1-3H3,(H,17,18). The number of rotatable bonds is 6. The molecule has 5 nitrogen and oxygen atoms in total. The molecule has 0 aliphatic carbocycles. The summed E-state index contributed by atoms with van der Waals surface area (Å²) in [5, 5.41) is 3.42. The Morgan fingerprint density at radius 3 is 2.65 bits per heavy atom. The summed E-state index contributed by atoms with van der Waals surface area (Å²) in [5.74, 6) is 1.33. The molecule has 2 heterocycles. The number of nitrogens with two attached hydrogens (primary N) is 1. The quantitative estimate of drug-likeness (QED) is 0.836. The van der Waals surface area contributed by atoms with Crippen molar-refractivity contribution in [2.24, 2.45) is 0 Å². The average molecular weight is 278 g/mol. The van der Waals surface area contributed by atoms with Gasteiger partial charge < -0.3 is 20.7 Å². The third-order valence-electron chi connectivity index (χ3n) is 3.36. The Morgan fingerprint density at radius 2 is 2.00 bits per heavy atom. The van der Waals surface area contributed by atoms with Crippen LogP contribution >= 0.6 is 0 Å². The predicted molar refractivity (Wildman–Crippen MR) is 83.2 cm³/mol. The molecule has 3 N–H and O–H groups in total. The number of aromatic nitrogens is 1. The van der Waals surface area contributed by atoms with E-state index in [0.717, 1.165) is 12.4 Å². The van der Waals surface area contributed by atoms with Gasteiger partial charge in [0.05, 0.1) is 11.8 Å². The second kappa shape index (κ2) is 6.79. The van der Waals surface area contributed by atoms with E-state index in [2.05, 4.69) is 22.1 Å². The van der Waals surface area contributed by atoms with Crippen LogP contribution in [0.5, 0.6) is 5.88 Å². The van der Waals surface area contributed by atoms with Gasteiger partial charge in [-0.05, 0) is 58.8 Å². The van der Waals surface area contributed by atoms with Gasteiger partial charge in [0.2, 0.25) is 5.88 Å². The largest absolute Gasteiger partial charge is 0.473 e. The molecule has 0 radical (unpaired) electrons. The van der Waals surface area contributed by atoms with Crippen LogP contribution < -0.4 is 15.8 Å². The second-order valence-corrected chi connectivity index (χ2v) is 5.81. The van der Waals surface area contributed by atoms with Crippen LogP contribution in [0.1, 0.15) is 33.6 Å². The first-order valence-corrected chi connectivity index (χ1v) is 7.46. The van der Waals surface area contributed by atoms with Gasteiger partial charge in [-0.15, -0.1) is 0 Å². The molecule has 0 spiro atoms. The van der Waals surface area contributed by atoms with Gasteiger partial charge in [-0.2, -0.15) is 4.98 Å². The summed E-state index contributed by atoms with van der Waals surface area (Å²) in [6.07, 6.45) is 2.71. The molecule has 20 heavy (non-hydrogen) atoms. The fourth-order valence-electron chi connectivity index (χ4n) is 2.50. The summed E-state index contributed by atoms with van der Waals surface area (Å²) >= 11 is 0. The van der Waals surface area contributed by atoms with Gasteiger partial charge in [-0.3, -0.25) is 0 Å². The number of pyridine rings is 1. The third-order valence-corrected chi connectivity index (χ3v) is 3.36. The zero-order chi connectivity index (χ0) is 14.5. The van der Waals surface area contributed by atoms with Crippen molar-refractivity contribution in [1.82, 2.24) is 9.88 Å². The molecule has 1 saturated heterocycles. The lowest BCUT2D eigenvalue weighted by Crippen LogP contribution is -2.33. The maximum Gasteiger partial charge on any atom is 0.239 e. The van der Waals surface area contributed by atoms with E-state index >= 15 is 0 Å². The fraction of sp³-hybridized carbons (Fsp3) is 0.667. The third kappa shape index (κ3) is 4.27. The van der Waals surface area contributed by atoms with Crippen molar-refractivity contribution in [3.8, 4) is 5.88 Å². The predicted octanol–water partition coefficient (Wildman–Crippen LogP) is 2.35. The fourth-order valence-corrected chi connectivity index (χ4v) is 2.50. The van der Waals surface area contributed by atoms with Crippen molar-refractivity contribution >= 4 is 11.5 Å². The van der Waals surface area contributed by atoms with Crippen LogP contribution in [-0.2, 0) is 0 Å². The summed E-state index contributed by atoms with van der Waals surface area (Å²) in [6.45, 7) is 9.59. The highest BCUT2D eigenvalue weighted by Gasteiger charge is 2.15. The Kier molecular flexibility index (Phi) is 5.06. The molecule has 1 aromatic heterocycles. The van der Waals surface area contributed by atoms with E-state index in [9.17, 15) is 0 Å². The summed E-state index contributed by atoms with van der Waals surface area (Å²) in [4.78, 5) is 6.94. The van der Waals surface area contributed by atoms with E-state index in [-0.39, 0.29) is 6.10 Å². The average Bonchev–Trinajstić information content (AvgIpc) is 2.85. The number of nitrogens with zero attached hydrogens (tertiary/aromatic N) is 2. The number of anilines is 2. The molecule has 112 valence electrons. The summed E-state index contributed by atoms with van der Waals surface area (Å²) in [7, 11) is 0. The molecule has 1 aromatic rings. The van der Waals surface area contributed by atoms with Gasteiger partial charge in [-0.1, -0.05) is 0 Å². The van der Waals surface area contributed by atoms with Crippen LogP contribution in [0.25, 0.3) is 0 Å². The number of ether oxygens (including phenoxy) is 1. The van der Waals surface area contributed by atoms with Gasteiger partial charge in [0.1, 0.15) is 5.82 Å². The van der Waals surface area contributed by atoms with Crippen LogP contribution in [0.2, 0.25) is 0 Å². The SMILES string of the molecule is CC(CN1CCCC1)Nc1ccc(N)c(OC(C)C)n1. The van der Waals surface area contributed by atoms with Crippen LogP contribution in [0.4, 0.5) is 11.5 Å². The van der Waals surface area contributed by atoms with Crippen molar-refractivity contribution in [2.75, 3.05) is 30.7 Å². The molecule has 0 saturated carbocycles. The van der Waals surface area contributed by atoms with Crippen molar-refractivity contribution in [3.63, 3.8) is 0 Å². The van der Waals surface area contributed by atoms with Crippen LogP contribution in [-0.4, -0.2) is 41.7 Å². The molecule has 1 fully saturated rings. The summed E-state index contributed by atoms with van der Waals surface area (Å²) in [5.41, 5.74) is 6.46. The van der Waals surface area contributed by atoms with Crippen LogP contribution in [0, 0.1) is 0 Å². The molecule has 5 heteroatoms. The molecule has 0 aromatic carbocycles. The molecule has 2 rings (SSSR count). The van der Waals surface area contributed by atoms with E-state index < -0.39 is 0 Å². The Bertz CT molecular complexity index is 430. The van der Waals surface area contributed by atoms with E-state index in [1.54, 1.807) is 0 Å². The van der Waals surface area contributed by atoms with Gasteiger partial charge >= 0.3 is 0 Å². The molecular formula is C15H26N4O. The lowest BCUT2D eigenvalue weighted by Gasteiger charge is -2.22. The maximum atomic E-state index is 5.88. The van der Waals surface area contributed by atoms with Gasteiger partial charge in [0.15, 0.2) is 0 Å². The van der Waals surface area contributed by atoms with Crippen molar-refractivity contribution in [2.45, 2.75) is 45.8 Å². The van der Waals surface area contributed by atoms with Gasteiger partial charge in [0, 0.05) is 12.6 Å². The number of hydrogen-bond donors (Lipinski definition) is 2. The zero-order valence-electron chi connectivity index (χ0n) is 12.7. The van der Waals surface area contributed by atoms with E-state index in [1.807, 2.05) is 26.0 Å². The first-order valence-electron chi connectivity index (χ1n) is 7.46. The number of likely N-dealkylation sites (tertiary alicyclic amines) is 1. The molecule has 0 amide bonds. The highest BCUT2D eigenvalue weighted by atomic mass is 16.5. The first kappa shape index (κ1) is 14.9. The first-order chi connectivity index (χ1) is 9.54. The highest BCUT2D eigenvalue weighted by Crippen LogP contribution is 2.22. The minimum Gasteiger partial charge on any atom is -0.473 e. The number of hydrogen-bond acceptors (Lipinski definition) is 5. The maximum absolute atomic E-state index is 5.88. The normalized spacial score (nSPS) is 17.4. The minimum absolute atomic E-state index is 0.0714. The molecule has 1 aliphatic rings. The van der Waals surface area contributed by atoms with Crippen molar-refractivity contribution in [1.29, 1.82) is 0 Å². The summed E-state index contributed by atoms with van der Waals surface area (Å²) < 4.78 is 5.61. The minimum atomic E-state index is 0.0714. The van der Waals surface area contributed by atoms with E-state index in [0.29, 0.717) is 17.6 Å². The van der Waals surface area contributed by atoms with Crippen LogP contribution in [0.3, 0.4) is 0 Å². The highest BCUT2D eigenvalue weighted by molar-refractivity contribution is 5.53. The lowest BCUT2D eigenvalue weighted by molar-refractivity contribution is 0.234. The molecule has 0 bridgehead atoms. The van der Waals surface area contributed by atoms with Crippen molar-refractivity contribution in [3.05, 3.63) is 12.1 Å². The lowest BCUT2D eigenvalue weighted by atomic mass is 10.3. The zero-order valence-corrected chi connectivity index (χ0v) is 12.7. The summed E-state index contributed by atoms with van der Waals surface area (Å²) in [6, 6.07) is 4.11. The van der Waals surface area contributed by atoms with E-state index in [1.165, 1.54) is 25.9 Å². The number of nitrogens with one attached hydrogen (secondary N) is 1. The molecule has 1 aliphatic heterocycles. The van der Waals surface area contributed by atoms with Gasteiger partial charge in [0.25, 0.3) is 0 Å². The van der Waals surface area contributed by atoms with Crippen LogP contribution in [0.15, 0.2) is 12.1 Å². The Morgan fingerprint density at radius 1 is 1.30 bits per heavy atom. The Balaban J connectivity index is 1.94. The topological polar surface area (TPSA) is 63.4 Å². The van der Waals surface area contributed by atoms with Gasteiger partial charge in [-0.25, -0.2) is 0 Å². The Hall–Kier alpha value is -1.49. The molecule has 1 unspecified atom stereocenters. The number of nitrogen functional groups attached to an aromatic ring is 1. The smallest absolute Gasteiger partial charge is 0.239 e. The monoisotopic (exact) mass is 278 g/mol. The van der Waals surface area contributed by atoms with E-state index in [4.69, 9.17) is 10.5 Å². The second-order valence-electron chi connectivity index (χ2n) is 5.81. The Labute approximate surface area is 121 Å². The molecule has 1 atom stereocenters. The molecular weight excluding hydrogens is 252 g/mol. The van der Waals surface area contributed by atoms with Crippen molar-refractivity contribution < 1.29 is 4.74 Å².